The minimum Gasteiger partial charge on any atom is -0.379 e. The summed E-state index contributed by atoms with van der Waals surface area (Å²) >= 11 is 12.0. The van der Waals surface area contributed by atoms with E-state index >= 15 is 0 Å². The Morgan fingerprint density at radius 2 is 2.06 bits per heavy atom. The summed E-state index contributed by atoms with van der Waals surface area (Å²) in [6, 6.07) is 1.68. The van der Waals surface area contributed by atoms with Crippen LogP contribution in [0.15, 0.2) is 6.07 Å². The van der Waals surface area contributed by atoms with Gasteiger partial charge in [0.1, 0.15) is 11.6 Å². The van der Waals surface area contributed by atoms with E-state index in [1.54, 1.807) is 13.1 Å². The van der Waals surface area contributed by atoms with Crippen LogP contribution in [0, 0.1) is 5.92 Å². The molecule has 2 rings (SSSR count). The van der Waals surface area contributed by atoms with E-state index in [0.717, 1.165) is 12.5 Å². The lowest BCUT2D eigenvalue weighted by molar-refractivity contribution is 0.134. The van der Waals surface area contributed by atoms with E-state index in [1.807, 2.05) is 0 Å². The maximum Gasteiger partial charge on any atom is 0.147 e. The van der Waals surface area contributed by atoms with Crippen molar-refractivity contribution in [2.24, 2.45) is 5.92 Å². The topological polar surface area (TPSA) is 46.2 Å². The first kappa shape index (κ1) is 13.7. The van der Waals surface area contributed by atoms with Crippen molar-refractivity contribution in [3.05, 3.63) is 16.1 Å². The van der Waals surface area contributed by atoms with Crippen LogP contribution in [-0.2, 0) is 4.74 Å². The van der Waals surface area contributed by atoms with Crippen molar-refractivity contribution in [2.75, 3.05) is 37.4 Å². The van der Waals surface area contributed by atoms with E-state index in [0.29, 0.717) is 34.8 Å². The van der Waals surface area contributed by atoms with Gasteiger partial charge in [-0.3, -0.25) is 0 Å². The first-order chi connectivity index (χ1) is 8.70. The number of halogens is 2. The number of nitrogens with one attached hydrogen (secondary N) is 2. The molecule has 0 aromatic carbocycles. The Labute approximate surface area is 117 Å². The molecule has 0 unspecified atom stereocenters. The summed E-state index contributed by atoms with van der Waals surface area (Å²) in [7, 11) is 1.77. The van der Waals surface area contributed by atoms with Gasteiger partial charge in [0.15, 0.2) is 0 Å². The van der Waals surface area contributed by atoms with Crippen LogP contribution in [0.2, 0.25) is 10.0 Å². The summed E-state index contributed by atoms with van der Waals surface area (Å²) in [5.74, 6) is 2.03. The van der Waals surface area contributed by atoms with E-state index in [9.17, 15) is 0 Å². The Morgan fingerprint density at radius 3 is 2.72 bits per heavy atom. The molecule has 0 amide bonds. The fourth-order valence-electron chi connectivity index (χ4n) is 1.54. The van der Waals surface area contributed by atoms with Gasteiger partial charge in [-0.25, -0.2) is 4.98 Å². The molecule has 1 fully saturated rings. The Kier molecular flexibility index (Phi) is 4.92. The van der Waals surface area contributed by atoms with Crippen LogP contribution in [0.25, 0.3) is 0 Å². The molecule has 0 bridgehead atoms. The molecule has 1 aliphatic carbocycles. The number of hydrogen-bond donors (Lipinski definition) is 2. The standard InChI is InChI=1S/C12H17Cl2N3O/c1-15-11-9(13)6-10(14)12(17-11)16-4-5-18-7-8-2-3-8/h6,8H,2-5,7H2,1H3,(H2,15,16,17). The molecule has 1 aromatic heterocycles. The van der Waals surface area contributed by atoms with Gasteiger partial charge in [-0.15, -0.1) is 0 Å². The summed E-state index contributed by atoms with van der Waals surface area (Å²) < 4.78 is 5.52. The van der Waals surface area contributed by atoms with Crippen LogP contribution in [0.4, 0.5) is 11.6 Å². The number of aromatic nitrogens is 1. The Bertz CT molecular complexity index is 411. The zero-order valence-electron chi connectivity index (χ0n) is 10.3. The van der Waals surface area contributed by atoms with Gasteiger partial charge in [0.25, 0.3) is 0 Å². The molecule has 0 atom stereocenters. The molecule has 1 aromatic rings. The van der Waals surface area contributed by atoms with Gasteiger partial charge in [-0.05, 0) is 24.8 Å². The largest absolute Gasteiger partial charge is 0.379 e. The van der Waals surface area contributed by atoms with Crippen molar-refractivity contribution in [3.63, 3.8) is 0 Å². The second kappa shape index (κ2) is 6.45. The molecule has 0 spiro atoms. The normalized spacial score (nSPS) is 14.6. The lowest BCUT2D eigenvalue weighted by Gasteiger charge is -2.10. The third-order valence-electron chi connectivity index (χ3n) is 2.76. The van der Waals surface area contributed by atoms with Crippen molar-refractivity contribution in [3.8, 4) is 0 Å². The summed E-state index contributed by atoms with van der Waals surface area (Å²) in [4.78, 5) is 4.29. The average Bonchev–Trinajstić information content (AvgIpc) is 3.15. The van der Waals surface area contributed by atoms with E-state index < -0.39 is 0 Å². The molecule has 100 valence electrons. The average molecular weight is 290 g/mol. The molecule has 6 heteroatoms. The van der Waals surface area contributed by atoms with Crippen molar-refractivity contribution < 1.29 is 4.74 Å². The number of hydrogen-bond acceptors (Lipinski definition) is 4. The second-order valence-electron chi connectivity index (χ2n) is 4.34. The zero-order valence-corrected chi connectivity index (χ0v) is 11.8. The highest BCUT2D eigenvalue weighted by Crippen LogP contribution is 2.29. The van der Waals surface area contributed by atoms with Crippen LogP contribution < -0.4 is 10.6 Å². The first-order valence-corrected chi connectivity index (χ1v) is 6.81. The number of nitrogens with zero attached hydrogens (tertiary/aromatic N) is 1. The molecule has 1 heterocycles. The fourth-order valence-corrected chi connectivity index (χ4v) is 2.06. The molecule has 1 saturated carbocycles. The van der Waals surface area contributed by atoms with Gasteiger partial charge in [-0.1, -0.05) is 23.2 Å². The summed E-state index contributed by atoms with van der Waals surface area (Å²) in [6.07, 6.45) is 2.62. The Balaban J connectivity index is 1.79. The van der Waals surface area contributed by atoms with E-state index in [1.165, 1.54) is 12.8 Å². The molecule has 0 saturated heterocycles. The smallest absolute Gasteiger partial charge is 0.147 e. The van der Waals surface area contributed by atoms with Gasteiger partial charge in [0, 0.05) is 20.2 Å². The molecule has 4 nitrogen and oxygen atoms in total. The molecule has 2 N–H and O–H groups in total. The maximum atomic E-state index is 6.05. The quantitative estimate of drug-likeness (QED) is 0.757. The predicted octanol–water partition coefficient (Wildman–Crippen LogP) is 3.27. The van der Waals surface area contributed by atoms with E-state index in [2.05, 4.69) is 15.6 Å². The van der Waals surface area contributed by atoms with Gasteiger partial charge in [-0.2, -0.15) is 0 Å². The molecule has 1 aliphatic rings. The van der Waals surface area contributed by atoms with E-state index in [4.69, 9.17) is 27.9 Å². The molecule has 0 aliphatic heterocycles. The molecule has 18 heavy (non-hydrogen) atoms. The summed E-state index contributed by atoms with van der Waals surface area (Å²) in [6.45, 7) is 2.21. The summed E-state index contributed by atoms with van der Waals surface area (Å²) in [5, 5.41) is 7.08. The van der Waals surface area contributed by atoms with Crippen LogP contribution in [0.3, 0.4) is 0 Å². The Morgan fingerprint density at radius 1 is 1.33 bits per heavy atom. The van der Waals surface area contributed by atoms with Gasteiger partial charge >= 0.3 is 0 Å². The highest BCUT2D eigenvalue weighted by molar-refractivity contribution is 6.37. The number of rotatable bonds is 7. The predicted molar refractivity (Wildman–Crippen MR) is 75.8 cm³/mol. The second-order valence-corrected chi connectivity index (χ2v) is 5.16. The number of anilines is 2. The van der Waals surface area contributed by atoms with Crippen molar-refractivity contribution in [1.82, 2.24) is 4.98 Å². The fraction of sp³-hybridized carbons (Fsp3) is 0.583. The zero-order chi connectivity index (χ0) is 13.0. The molecular formula is C12H17Cl2N3O. The van der Waals surface area contributed by atoms with Gasteiger partial charge in [0.05, 0.1) is 16.7 Å². The monoisotopic (exact) mass is 289 g/mol. The first-order valence-electron chi connectivity index (χ1n) is 6.06. The van der Waals surface area contributed by atoms with E-state index in [-0.39, 0.29) is 0 Å². The van der Waals surface area contributed by atoms with Crippen molar-refractivity contribution in [2.45, 2.75) is 12.8 Å². The SMILES string of the molecule is CNc1nc(NCCOCC2CC2)c(Cl)cc1Cl. The van der Waals surface area contributed by atoms with Gasteiger partial charge in [0.2, 0.25) is 0 Å². The van der Waals surface area contributed by atoms with Crippen molar-refractivity contribution in [1.29, 1.82) is 0 Å². The minimum absolute atomic E-state index is 0.512. The molecular weight excluding hydrogens is 273 g/mol. The lowest BCUT2D eigenvalue weighted by Crippen LogP contribution is -2.12. The van der Waals surface area contributed by atoms with Crippen LogP contribution in [0.1, 0.15) is 12.8 Å². The van der Waals surface area contributed by atoms with Gasteiger partial charge < -0.3 is 15.4 Å². The summed E-state index contributed by atoms with van der Waals surface area (Å²) in [5.41, 5.74) is 0. The highest BCUT2D eigenvalue weighted by Gasteiger charge is 2.20. The molecule has 0 radical (unpaired) electrons. The number of pyridine rings is 1. The van der Waals surface area contributed by atoms with Crippen LogP contribution in [0.5, 0.6) is 0 Å². The third-order valence-corrected chi connectivity index (χ3v) is 3.33. The maximum absolute atomic E-state index is 6.05. The Hall–Kier alpha value is -0.710. The number of ether oxygens (including phenoxy) is 1. The lowest BCUT2D eigenvalue weighted by atomic mass is 10.4. The minimum atomic E-state index is 0.512. The van der Waals surface area contributed by atoms with Crippen molar-refractivity contribution >= 4 is 34.8 Å². The highest BCUT2D eigenvalue weighted by atomic mass is 35.5. The third kappa shape index (κ3) is 3.90. The van der Waals surface area contributed by atoms with Crippen LogP contribution in [-0.4, -0.2) is 31.8 Å². The van der Waals surface area contributed by atoms with Crippen LogP contribution >= 0.6 is 23.2 Å².